The fourth-order valence-electron chi connectivity index (χ4n) is 2.46. The Kier molecular flexibility index (Phi) is 3.64. The molecule has 0 radical (unpaired) electrons. The van der Waals surface area contributed by atoms with Gasteiger partial charge in [-0.15, -0.1) is 0 Å². The number of hydrogen-bond donors (Lipinski definition) is 1. The first kappa shape index (κ1) is 13.4. The molecular formula is C13H20N2O2S. The molecule has 5 heteroatoms. The average molecular weight is 268 g/mol. The van der Waals surface area contributed by atoms with Crippen molar-refractivity contribution in [2.45, 2.75) is 44.0 Å². The van der Waals surface area contributed by atoms with Crippen LogP contribution < -0.4 is 5.73 Å². The Bertz CT molecular complexity index is 540. The summed E-state index contributed by atoms with van der Waals surface area (Å²) < 4.78 is 26.7. The van der Waals surface area contributed by atoms with Crippen molar-refractivity contribution in [1.82, 2.24) is 4.31 Å². The van der Waals surface area contributed by atoms with E-state index in [0.29, 0.717) is 12.2 Å². The number of sulfonamides is 1. The Morgan fingerprint density at radius 1 is 1.33 bits per heavy atom. The molecule has 4 nitrogen and oxygen atoms in total. The van der Waals surface area contributed by atoms with Crippen LogP contribution in [0.2, 0.25) is 0 Å². The Morgan fingerprint density at radius 2 is 2.06 bits per heavy atom. The number of aryl methyl sites for hydroxylation is 1. The highest BCUT2D eigenvalue weighted by molar-refractivity contribution is 7.89. The lowest BCUT2D eigenvalue weighted by molar-refractivity contribution is 0.269. The van der Waals surface area contributed by atoms with Crippen LogP contribution in [0.1, 0.15) is 31.7 Å². The van der Waals surface area contributed by atoms with Gasteiger partial charge in [0, 0.05) is 12.6 Å². The maximum absolute atomic E-state index is 12.6. The van der Waals surface area contributed by atoms with Crippen LogP contribution in [0.5, 0.6) is 0 Å². The van der Waals surface area contributed by atoms with E-state index in [-0.39, 0.29) is 10.9 Å². The zero-order chi connectivity index (χ0) is 13.3. The molecule has 1 heterocycles. The van der Waals surface area contributed by atoms with Crippen LogP contribution >= 0.6 is 0 Å². The highest BCUT2D eigenvalue weighted by Crippen LogP contribution is 2.28. The van der Waals surface area contributed by atoms with Gasteiger partial charge in [0.2, 0.25) is 10.0 Å². The number of nitrogens with two attached hydrogens (primary N) is 1. The Hall–Kier alpha value is -1.07. The van der Waals surface area contributed by atoms with Crippen molar-refractivity contribution in [2.75, 3.05) is 12.3 Å². The lowest BCUT2D eigenvalue weighted by Gasteiger charge is -2.32. The van der Waals surface area contributed by atoms with Crippen LogP contribution in [0.3, 0.4) is 0 Å². The minimum absolute atomic E-state index is 0.0597. The summed E-state index contributed by atoms with van der Waals surface area (Å²) in [6.07, 6.45) is 2.94. The molecule has 1 fully saturated rings. The van der Waals surface area contributed by atoms with Gasteiger partial charge in [-0.2, -0.15) is 4.31 Å². The summed E-state index contributed by atoms with van der Waals surface area (Å²) in [6.45, 7) is 4.45. The molecule has 2 N–H and O–H groups in total. The lowest BCUT2D eigenvalue weighted by atomic mass is 10.1. The number of piperidine rings is 1. The van der Waals surface area contributed by atoms with Gasteiger partial charge in [-0.25, -0.2) is 8.42 Å². The van der Waals surface area contributed by atoms with Crippen LogP contribution in [-0.4, -0.2) is 25.3 Å². The van der Waals surface area contributed by atoms with Crippen molar-refractivity contribution in [3.8, 4) is 0 Å². The summed E-state index contributed by atoms with van der Waals surface area (Å²) in [6, 6.07) is 5.17. The topological polar surface area (TPSA) is 63.4 Å². The quantitative estimate of drug-likeness (QED) is 0.836. The highest BCUT2D eigenvalue weighted by Gasteiger charge is 2.32. The molecule has 1 saturated heterocycles. The van der Waals surface area contributed by atoms with E-state index in [4.69, 9.17) is 5.73 Å². The van der Waals surface area contributed by atoms with Crippen LogP contribution in [0, 0.1) is 6.92 Å². The van der Waals surface area contributed by atoms with Gasteiger partial charge >= 0.3 is 0 Å². The maximum Gasteiger partial charge on any atom is 0.245 e. The van der Waals surface area contributed by atoms with Crippen molar-refractivity contribution >= 4 is 15.7 Å². The zero-order valence-electron chi connectivity index (χ0n) is 10.9. The number of anilines is 1. The first-order valence-corrected chi connectivity index (χ1v) is 7.75. The molecular weight excluding hydrogens is 248 g/mol. The summed E-state index contributed by atoms with van der Waals surface area (Å²) in [4.78, 5) is 0.238. The normalized spacial score (nSPS) is 22.0. The summed E-state index contributed by atoms with van der Waals surface area (Å²) >= 11 is 0. The molecule has 0 aromatic heterocycles. The molecule has 18 heavy (non-hydrogen) atoms. The van der Waals surface area contributed by atoms with E-state index in [2.05, 4.69) is 0 Å². The lowest BCUT2D eigenvalue weighted by Crippen LogP contribution is -2.42. The monoisotopic (exact) mass is 268 g/mol. The highest BCUT2D eigenvalue weighted by atomic mass is 32.2. The van der Waals surface area contributed by atoms with Gasteiger partial charge in [0.05, 0.1) is 5.69 Å². The summed E-state index contributed by atoms with van der Waals surface area (Å²) in [7, 11) is -3.45. The SMILES string of the molecule is Cc1ccc(S(=O)(=O)N2CCCCC2C)c(N)c1. The van der Waals surface area contributed by atoms with Crippen LogP contribution in [0.4, 0.5) is 5.69 Å². The van der Waals surface area contributed by atoms with Crippen molar-refractivity contribution in [1.29, 1.82) is 0 Å². The first-order chi connectivity index (χ1) is 8.43. The molecule has 0 aliphatic carbocycles. The molecule has 1 aliphatic rings. The molecule has 1 aromatic carbocycles. The first-order valence-electron chi connectivity index (χ1n) is 6.31. The fourth-order valence-corrected chi connectivity index (χ4v) is 4.26. The van der Waals surface area contributed by atoms with E-state index >= 15 is 0 Å². The molecule has 1 unspecified atom stereocenters. The third-order valence-electron chi connectivity index (χ3n) is 3.49. The van der Waals surface area contributed by atoms with Gasteiger partial charge in [0.15, 0.2) is 0 Å². The molecule has 2 rings (SSSR count). The van der Waals surface area contributed by atoms with Crippen molar-refractivity contribution in [2.24, 2.45) is 0 Å². The minimum atomic E-state index is -3.45. The van der Waals surface area contributed by atoms with E-state index in [1.807, 2.05) is 13.8 Å². The van der Waals surface area contributed by atoms with E-state index < -0.39 is 10.0 Å². The predicted molar refractivity (Wildman–Crippen MR) is 72.8 cm³/mol. The molecule has 0 amide bonds. The van der Waals surface area contributed by atoms with E-state index in [9.17, 15) is 8.42 Å². The van der Waals surface area contributed by atoms with Gasteiger partial charge in [-0.05, 0) is 44.4 Å². The van der Waals surface area contributed by atoms with Gasteiger partial charge in [0.1, 0.15) is 4.90 Å². The average Bonchev–Trinajstić information content (AvgIpc) is 2.28. The molecule has 1 atom stereocenters. The second-order valence-electron chi connectivity index (χ2n) is 5.00. The zero-order valence-corrected chi connectivity index (χ0v) is 11.7. The molecule has 1 aliphatic heterocycles. The fraction of sp³-hybridized carbons (Fsp3) is 0.538. The number of hydrogen-bond acceptors (Lipinski definition) is 3. The summed E-state index contributed by atoms with van der Waals surface area (Å²) in [5.74, 6) is 0. The third-order valence-corrected chi connectivity index (χ3v) is 5.58. The second-order valence-corrected chi connectivity index (χ2v) is 6.86. The van der Waals surface area contributed by atoms with E-state index in [0.717, 1.165) is 24.8 Å². The number of nitrogen functional groups attached to an aromatic ring is 1. The van der Waals surface area contributed by atoms with Crippen molar-refractivity contribution in [3.05, 3.63) is 23.8 Å². The minimum Gasteiger partial charge on any atom is -0.398 e. The third kappa shape index (κ3) is 2.37. The number of benzene rings is 1. The largest absolute Gasteiger partial charge is 0.398 e. The van der Waals surface area contributed by atoms with E-state index in [1.165, 1.54) is 0 Å². The molecule has 0 bridgehead atoms. The van der Waals surface area contributed by atoms with E-state index in [1.54, 1.807) is 22.5 Å². The van der Waals surface area contributed by atoms with Crippen LogP contribution in [0.25, 0.3) is 0 Å². The number of rotatable bonds is 2. The summed E-state index contributed by atoms with van der Waals surface area (Å²) in [5.41, 5.74) is 7.16. The van der Waals surface area contributed by atoms with Gasteiger partial charge in [0.25, 0.3) is 0 Å². The van der Waals surface area contributed by atoms with Crippen LogP contribution in [0.15, 0.2) is 23.1 Å². The van der Waals surface area contributed by atoms with Crippen molar-refractivity contribution in [3.63, 3.8) is 0 Å². The molecule has 100 valence electrons. The standard InChI is InChI=1S/C13H20N2O2S/c1-10-6-7-13(12(14)9-10)18(16,17)15-8-4-3-5-11(15)2/h6-7,9,11H,3-5,8,14H2,1-2H3. The predicted octanol–water partition coefficient (Wildman–Crippen LogP) is 2.14. The number of nitrogens with zero attached hydrogens (tertiary/aromatic N) is 1. The molecule has 0 spiro atoms. The van der Waals surface area contributed by atoms with Crippen LogP contribution in [-0.2, 0) is 10.0 Å². The Labute approximate surface area is 109 Å². The Balaban J connectivity index is 2.41. The van der Waals surface area contributed by atoms with Gasteiger partial charge < -0.3 is 5.73 Å². The molecule has 0 saturated carbocycles. The smallest absolute Gasteiger partial charge is 0.245 e. The summed E-state index contributed by atoms with van der Waals surface area (Å²) in [5, 5.41) is 0. The molecule has 1 aromatic rings. The second kappa shape index (κ2) is 4.90. The van der Waals surface area contributed by atoms with Crippen molar-refractivity contribution < 1.29 is 8.42 Å². The van der Waals surface area contributed by atoms with Gasteiger partial charge in [-0.1, -0.05) is 12.5 Å². The Morgan fingerprint density at radius 3 is 2.67 bits per heavy atom. The maximum atomic E-state index is 12.6. The van der Waals surface area contributed by atoms with Gasteiger partial charge in [-0.3, -0.25) is 0 Å².